The van der Waals surface area contributed by atoms with Crippen LogP contribution >= 0.6 is 0 Å². The van der Waals surface area contributed by atoms with E-state index in [1.807, 2.05) is 11.0 Å². The van der Waals surface area contributed by atoms with Gasteiger partial charge in [0.2, 0.25) is 0 Å². The molecule has 0 bridgehead atoms. The van der Waals surface area contributed by atoms with E-state index in [-0.39, 0.29) is 36.0 Å². The second-order valence-electron chi connectivity index (χ2n) is 10.6. The number of nitrogens with one attached hydrogen (secondary N) is 2. The number of β-amino-alcohol motifs (C(OH)–C–C–N with tert-alkyl or cyclic N) is 1. The Hall–Kier alpha value is -3.57. The summed E-state index contributed by atoms with van der Waals surface area (Å²) in [7, 11) is 1.47. The van der Waals surface area contributed by atoms with Crippen molar-refractivity contribution in [1.82, 2.24) is 25.1 Å². The monoisotopic (exact) mass is 535 g/mol. The number of anilines is 1. The molecule has 11 heteroatoms. The maximum atomic E-state index is 13.0. The van der Waals surface area contributed by atoms with Gasteiger partial charge >= 0.3 is 0 Å². The number of amides is 2. The zero-order valence-corrected chi connectivity index (χ0v) is 22.4. The number of rotatable bonds is 10. The van der Waals surface area contributed by atoms with Gasteiger partial charge in [-0.15, -0.1) is 0 Å². The molecule has 3 aliphatic rings. The van der Waals surface area contributed by atoms with E-state index < -0.39 is 6.10 Å². The molecule has 208 valence electrons. The van der Waals surface area contributed by atoms with E-state index in [1.165, 1.54) is 24.6 Å². The quantitative estimate of drug-likeness (QED) is 0.308. The Labute approximate surface area is 228 Å². The third-order valence-corrected chi connectivity index (χ3v) is 7.51. The van der Waals surface area contributed by atoms with Gasteiger partial charge in [0, 0.05) is 57.3 Å². The highest BCUT2D eigenvalue weighted by molar-refractivity contribution is 6.40. The third kappa shape index (κ3) is 7.10. The molecule has 2 aliphatic heterocycles. The van der Waals surface area contributed by atoms with Gasteiger partial charge in [0.1, 0.15) is 30.7 Å². The number of benzene rings is 1. The Morgan fingerprint density at radius 1 is 1.18 bits per heavy atom. The predicted octanol–water partition coefficient (Wildman–Crippen LogP) is 1.44. The molecule has 11 nitrogen and oxygen atoms in total. The molecule has 1 saturated carbocycles. The average molecular weight is 536 g/mol. The summed E-state index contributed by atoms with van der Waals surface area (Å²) in [6.45, 7) is 3.50. The smallest absolute Gasteiger partial charge is 0.272 e. The van der Waals surface area contributed by atoms with Crippen LogP contribution in [0.5, 0.6) is 0 Å². The first kappa shape index (κ1) is 27.0. The zero-order chi connectivity index (χ0) is 27.2. The van der Waals surface area contributed by atoms with E-state index >= 15 is 0 Å². The number of aromatic nitrogens is 2. The molecule has 1 aromatic heterocycles. The molecule has 3 heterocycles. The number of fused-ring (bicyclic) bond motifs is 1. The van der Waals surface area contributed by atoms with Crippen molar-refractivity contribution in [2.75, 3.05) is 45.2 Å². The SMILES string of the molecule is CON=C(C(=O)N1CCCC(Nc2cc(C(=O)NCC(O)CN3CCc4ccccc4C3)ncn2)C1)C1CC1. The number of carbonyl (C=O) groups excluding carboxylic acids is 2. The van der Waals surface area contributed by atoms with Crippen molar-refractivity contribution in [2.24, 2.45) is 11.1 Å². The highest BCUT2D eigenvalue weighted by Gasteiger charge is 2.37. The maximum Gasteiger partial charge on any atom is 0.272 e. The third-order valence-electron chi connectivity index (χ3n) is 7.51. The number of carbonyl (C=O) groups is 2. The standard InChI is InChI=1S/C28H37N7O4/c1-39-33-26(20-8-9-20)28(38)35-11-4-7-22(16-35)32-25-13-24(30-18-31-25)27(37)29-14-23(36)17-34-12-10-19-5-2-3-6-21(19)15-34/h2-3,5-6,13,18,20,22-23,36H,4,7-12,14-17H2,1H3,(H,29,37)(H,30,31,32). The fourth-order valence-electron chi connectivity index (χ4n) is 5.33. The lowest BCUT2D eigenvalue weighted by atomic mass is 10.00. The molecular formula is C28H37N7O4. The number of hydrogen-bond acceptors (Lipinski definition) is 9. The highest BCUT2D eigenvalue weighted by Crippen LogP contribution is 2.32. The first-order valence-electron chi connectivity index (χ1n) is 13.7. The van der Waals surface area contributed by atoms with E-state index in [0.29, 0.717) is 31.2 Å². The molecule has 1 aromatic carbocycles. The molecule has 2 aromatic rings. The van der Waals surface area contributed by atoms with Crippen LogP contribution in [-0.4, -0.2) is 94.4 Å². The van der Waals surface area contributed by atoms with Crippen molar-refractivity contribution in [2.45, 2.75) is 50.8 Å². The fourth-order valence-corrected chi connectivity index (χ4v) is 5.33. The van der Waals surface area contributed by atoms with Gasteiger partial charge in [-0.25, -0.2) is 9.97 Å². The summed E-state index contributed by atoms with van der Waals surface area (Å²) in [4.78, 5) is 43.1. The van der Waals surface area contributed by atoms with E-state index in [2.05, 4.69) is 48.9 Å². The number of aliphatic hydroxyl groups is 1. The predicted molar refractivity (Wildman–Crippen MR) is 146 cm³/mol. The van der Waals surface area contributed by atoms with Gasteiger partial charge in [0.15, 0.2) is 0 Å². The minimum atomic E-state index is -0.688. The summed E-state index contributed by atoms with van der Waals surface area (Å²) in [5, 5.41) is 20.7. The molecule has 39 heavy (non-hydrogen) atoms. The Kier molecular flexibility index (Phi) is 8.67. The number of oxime groups is 1. The van der Waals surface area contributed by atoms with Gasteiger partial charge < -0.3 is 25.5 Å². The lowest BCUT2D eigenvalue weighted by Crippen LogP contribution is -2.48. The molecule has 2 amide bonds. The summed E-state index contributed by atoms with van der Waals surface area (Å²) >= 11 is 0. The number of piperidine rings is 1. The molecule has 0 radical (unpaired) electrons. The van der Waals surface area contributed by atoms with Gasteiger partial charge in [-0.3, -0.25) is 14.5 Å². The largest absolute Gasteiger partial charge is 0.399 e. The van der Waals surface area contributed by atoms with Crippen LogP contribution in [0.15, 0.2) is 41.8 Å². The molecule has 1 saturated heterocycles. The number of aliphatic hydroxyl groups excluding tert-OH is 1. The summed E-state index contributed by atoms with van der Waals surface area (Å²) in [5.41, 5.74) is 3.38. The van der Waals surface area contributed by atoms with Crippen LogP contribution in [0.4, 0.5) is 5.82 Å². The first-order valence-corrected chi connectivity index (χ1v) is 13.7. The zero-order valence-electron chi connectivity index (χ0n) is 22.4. The first-order chi connectivity index (χ1) is 19.0. The molecule has 5 rings (SSSR count). The summed E-state index contributed by atoms with van der Waals surface area (Å²) in [6, 6.07) is 9.97. The Bertz CT molecular complexity index is 1200. The molecule has 0 spiro atoms. The van der Waals surface area contributed by atoms with Crippen LogP contribution in [-0.2, 0) is 22.6 Å². The van der Waals surface area contributed by atoms with E-state index in [4.69, 9.17) is 4.84 Å². The molecular weight excluding hydrogens is 498 g/mol. The van der Waals surface area contributed by atoms with E-state index in [9.17, 15) is 14.7 Å². The minimum Gasteiger partial charge on any atom is -0.399 e. The molecule has 3 N–H and O–H groups in total. The highest BCUT2D eigenvalue weighted by atomic mass is 16.6. The average Bonchev–Trinajstić information content (AvgIpc) is 3.80. The number of nitrogens with zero attached hydrogens (tertiary/aromatic N) is 5. The molecule has 2 unspecified atom stereocenters. The Morgan fingerprint density at radius 3 is 2.79 bits per heavy atom. The van der Waals surface area contributed by atoms with Crippen molar-refractivity contribution >= 4 is 23.3 Å². The van der Waals surface area contributed by atoms with Gasteiger partial charge in [-0.1, -0.05) is 29.4 Å². The van der Waals surface area contributed by atoms with Gasteiger partial charge in [-0.05, 0) is 43.2 Å². The van der Waals surface area contributed by atoms with E-state index in [1.54, 1.807) is 6.07 Å². The Balaban J connectivity index is 1.10. The second-order valence-corrected chi connectivity index (χ2v) is 10.6. The maximum absolute atomic E-state index is 13.0. The van der Waals surface area contributed by atoms with Crippen LogP contribution in [0, 0.1) is 5.92 Å². The van der Waals surface area contributed by atoms with Crippen LogP contribution in [0.2, 0.25) is 0 Å². The van der Waals surface area contributed by atoms with Crippen molar-refractivity contribution in [3.05, 3.63) is 53.5 Å². The van der Waals surface area contributed by atoms with Crippen molar-refractivity contribution in [1.29, 1.82) is 0 Å². The van der Waals surface area contributed by atoms with Gasteiger partial charge in [-0.2, -0.15) is 0 Å². The normalized spacial score (nSPS) is 20.6. The molecule has 2 atom stereocenters. The van der Waals surface area contributed by atoms with E-state index in [0.717, 1.165) is 45.2 Å². The fraction of sp³-hybridized carbons (Fsp3) is 0.536. The lowest BCUT2D eigenvalue weighted by molar-refractivity contribution is -0.125. The van der Waals surface area contributed by atoms with Crippen LogP contribution in [0.1, 0.15) is 47.3 Å². The summed E-state index contributed by atoms with van der Waals surface area (Å²) in [6.07, 6.45) is 5.29. The lowest BCUT2D eigenvalue weighted by Gasteiger charge is -2.33. The second kappa shape index (κ2) is 12.5. The van der Waals surface area contributed by atoms with Gasteiger partial charge in [0.25, 0.3) is 11.8 Å². The van der Waals surface area contributed by atoms with Crippen LogP contribution < -0.4 is 10.6 Å². The topological polar surface area (TPSA) is 132 Å². The van der Waals surface area contributed by atoms with Crippen molar-refractivity contribution in [3.8, 4) is 0 Å². The van der Waals surface area contributed by atoms with Crippen LogP contribution in [0.3, 0.4) is 0 Å². The van der Waals surface area contributed by atoms with Gasteiger partial charge in [0.05, 0.1) is 6.10 Å². The summed E-state index contributed by atoms with van der Waals surface area (Å²) < 4.78 is 0. The van der Waals surface area contributed by atoms with Crippen LogP contribution in [0.25, 0.3) is 0 Å². The number of likely N-dealkylation sites (tertiary alicyclic amines) is 1. The summed E-state index contributed by atoms with van der Waals surface area (Å²) in [5.74, 6) is 0.286. The molecule has 1 aliphatic carbocycles. The Morgan fingerprint density at radius 2 is 2.00 bits per heavy atom. The number of hydrogen-bond donors (Lipinski definition) is 3. The molecule has 2 fully saturated rings. The van der Waals surface area contributed by atoms with Crippen molar-refractivity contribution in [3.63, 3.8) is 0 Å². The van der Waals surface area contributed by atoms with Crippen molar-refractivity contribution < 1.29 is 19.5 Å². The minimum absolute atomic E-state index is 0.00648.